The van der Waals surface area contributed by atoms with Gasteiger partial charge in [-0.1, -0.05) is 35.0 Å². The summed E-state index contributed by atoms with van der Waals surface area (Å²) in [6, 6.07) is 14.9. The third-order valence-corrected chi connectivity index (χ3v) is 4.71. The minimum Gasteiger partial charge on any atom is -0.494 e. The molecular weight excluding hydrogens is 414 g/mol. The summed E-state index contributed by atoms with van der Waals surface area (Å²) in [6.07, 6.45) is 2.25. The first-order valence-electron chi connectivity index (χ1n) is 7.97. The second kappa shape index (κ2) is 7.80. The van der Waals surface area contributed by atoms with Crippen LogP contribution in [0.25, 0.3) is 5.69 Å². The van der Waals surface area contributed by atoms with Gasteiger partial charge in [-0.05, 0) is 60.6 Å². The maximum atomic E-state index is 12.2. The van der Waals surface area contributed by atoms with Gasteiger partial charge >= 0.3 is 0 Å². The molecule has 132 valence electrons. The van der Waals surface area contributed by atoms with Gasteiger partial charge in [-0.2, -0.15) is 0 Å². The van der Waals surface area contributed by atoms with Gasteiger partial charge in [0.2, 0.25) is 5.88 Å². The molecule has 5 nitrogen and oxygen atoms in total. The number of benzene rings is 2. The minimum atomic E-state index is -0.491. The van der Waals surface area contributed by atoms with Crippen LogP contribution < -0.4 is 5.56 Å². The van der Waals surface area contributed by atoms with E-state index in [0.29, 0.717) is 11.4 Å². The van der Waals surface area contributed by atoms with Crippen LogP contribution in [0.4, 0.5) is 5.69 Å². The number of aromatic hydroxyl groups is 1. The Morgan fingerprint density at radius 1 is 1.19 bits per heavy atom. The molecular formula is C19H16BrN3O2S. The minimum absolute atomic E-state index is 0.0427. The van der Waals surface area contributed by atoms with Gasteiger partial charge in [0, 0.05) is 10.7 Å². The van der Waals surface area contributed by atoms with Crippen molar-refractivity contribution in [3.63, 3.8) is 0 Å². The van der Waals surface area contributed by atoms with Crippen molar-refractivity contribution in [1.82, 2.24) is 9.55 Å². The van der Waals surface area contributed by atoms with Gasteiger partial charge in [-0.25, -0.2) is 0 Å². The first-order valence-corrected chi connectivity index (χ1v) is 9.17. The molecule has 0 radical (unpaired) electrons. The number of aromatic nitrogens is 2. The van der Waals surface area contributed by atoms with E-state index in [-0.39, 0.29) is 16.2 Å². The Bertz CT molecular complexity index is 1070. The van der Waals surface area contributed by atoms with Crippen LogP contribution in [-0.4, -0.2) is 20.9 Å². The molecule has 0 unspecified atom stereocenters. The molecule has 0 fully saturated rings. The van der Waals surface area contributed by atoms with Crippen molar-refractivity contribution >= 4 is 40.0 Å². The van der Waals surface area contributed by atoms with Crippen LogP contribution in [0.3, 0.4) is 0 Å². The Balaban J connectivity index is 2.07. The lowest BCUT2D eigenvalue weighted by molar-refractivity contribution is 0.432. The number of rotatable bonds is 4. The molecule has 2 N–H and O–H groups in total. The average Bonchev–Trinajstić information content (AvgIpc) is 2.63. The van der Waals surface area contributed by atoms with Gasteiger partial charge in [-0.3, -0.25) is 19.3 Å². The lowest BCUT2D eigenvalue weighted by atomic mass is 10.1. The molecule has 2 aromatic carbocycles. The van der Waals surface area contributed by atoms with Gasteiger partial charge in [0.1, 0.15) is 5.56 Å². The van der Waals surface area contributed by atoms with Crippen LogP contribution in [0.1, 0.15) is 18.1 Å². The van der Waals surface area contributed by atoms with E-state index >= 15 is 0 Å². The largest absolute Gasteiger partial charge is 0.494 e. The van der Waals surface area contributed by atoms with Crippen molar-refractivity contribution in [3.8, 4) is 11.6 Å². The van der Waals surface area contributed by atoms with E-state index in [9.17, 15) is 9.90 Å². The highest BCUT2D eigenvalue weighted by atomic mass is 79.9. The van der Waals surface area contributed by atoms with Crippen LogP contribution in [0.5, 0.6) is 5.88 Å². The third-order valence-electron chi connectivity index (χ3n) is 3.89. The fourth-order valence-corrected chi connectivity index (χ4v) is 2.99. The van der Waals surface area contributed by atoms with Crippen molar-refractivity contribution in [2.75, 3.05) is 0 Å². The molecule has 0 aliphatic heterocycles. The zero-order chi connectivity index (χ0) is 18.7. The number of hydrogen-bond acceptors (Lipinski definition) is 4. The lowest BCUT2D eigenvalue weighted by Gasteiger charge is -2.11. The molecule has 1 heterocycles. The zero-order valence-electron chi connectivity index (χ0n) is 13.9. The second-order valence-electron chi connectivity index (χ2n) is 5.59. The van der Waals surface area contributed by atoms with Crippen molar-refractivity contribution in [2.45, 2.75) is 13.3 Å². The summed E-state index contributed by atoms with van der Waals surface area (Å²) < 4.78 is 2.47. The fourth-order valence-electron chi connectivity index (χ4n) is 2.44. The Hall–Kier alpha value is -2.51. The highest BCUT2D eigenvalue weighted by molar-refractivity contribution is 9.10. The molecule has 1 aromatic heterocycles. The normalized spacial score (nSPS) is 11.2. The molecule has 3 rings (SSSR count). The second-order valence-corrected chi connectivity index (χ2v) is 6.89. The molecule has 0 bridgehead atoms. The monoisotopic (exact) mass is 429 g/mol. The van der Waals surface area contributed by atoms with Gasteiger partial charge in [0.05, 0.1) is 11.4 Å². The Morgan fingerprint density at radius 2 is 1.85 bits per heavy atom. The number of nitrogens with one attached hydrogen (secondary N) is 1. The molecule has 0 aliphatic carbocycles. The molecule has 0 amide bonds. The van der Waals surface area contributed by atoms with Gasteiger partial charge in [0.15, 0.2) is 4.77 Å². The van der Waals surface area contributed by atoms with Crippen molar-refractivity contribution in [1.29, 1.82) is 0 Å². The van der Waals surface area contributed by atoms with E-state index in [2.05, 4.69) is 32.8 Å². The van der Waals surface area contributed by atoms with Crippen LogP contribution in [0.15, 0.2) is 62.8 Å². The number of nitrogens with zero attached hydrogens (tertiary/aromatic N) is 2. The predicted octanol–water partition coefficient (Wildman–Crippen LogP) is 4.68. The maximum absolute atomic E-state index is 12.2. The maximum Gasteiger partial charge on any atom is 0.264 e. The summed E-state index contributed by atoms with van der Waals surface area (Å²) in [7, 11) is 0. The summed E-state index contributed by atoms with van der Waals surface area (Å²) in [4.78, 5) is 19.1. The molecule has 0 spiro atoms. The summed E-state index contributed by atoms with van der Waals surface area (Å²) in [5.41, 5.74) is 2.05. The molecule has 0 aliphatic rings. The number of aliphatic imine (C=N–C) groups is 1. The van der Waals surface area contributed by atoms with E-state index in [4.69, 9.17) is 12.2 Å². The number of aromatic amines is 1. The van der Waals surface area contributed by atoms with E-state index in [1.807, 2.05) is 36.4 Å². The molecule has 0 atom stereocenters. The summed E-state index contributed by atoms with van der Waals surface area (Å²) >= 11 is 8.58. The number of hydrogen-bond donors (Lipinski definition) is 2. The smallest absolute Gasteiger partial charge is 0.264 e. The van der Waals surface area contributed by atoms with Crippen LogP contribution >= 0.6 is 28.1 Å². The zero-order valence-corrected chi connectivity index (χ0v) is 16.3. The Morgan fingerprint density at radius 3 is 2.46 bits per heavy atom. The van der Waals surface area contributed by atoms with Crippen LogP contribution in [-0.2, 0) is 6.42 Å². The van der Waals surface area contributed by atoms with Crippen LogP contribution in [0, 0.1) is 4.77 Å². The van der Waals surface area contributed by atoms with E-state index < -0.39 is 5.56 Å². The van der Waals surface area contributed by atoms with E-state index in [1.54, 1.807) is 12.1 Å². The topological polar surface area (TPSA) is 70.4 Å². The number of halogens is 1. The quantitative estimate of drug-likeness (QED) is 0.467. The van der Waals surface area contributed by atoms with E-state index in [1.165, 1.54) is 16.3 Å². The summed E-state index contributed by atoms with van der Waals surface area (Å²) in [5.74, 6) is -0.246. The Labute approximate surface area is 163 Å². The lowest BCUT2D eigenvalue weighted by Crippen LogP contribution is -2.18. The number of H-pyrrole nitrogens is 1. The first-order chi connectivity index (χ1) is 12.5. The first kappa shape index (κ1) is 18.3. The SMILES string of the molecule is CCc1ccc(-n2c(O)c(C=Nc3ccc(Br)cc3)c(=O)[nH]c2=S)cc1. The molecule has 0 saturated carbocycles. The van der Waals surface area contributed by atoms with Crippen molar-refractivity contribution in [2.24, 2.45) is 4.99 Å². The highest BCUT2D eigenvalue weighted by Crippen LogP contribution is 2.21. The van der Waals surface area contributed by atoms with Gasteiger partial charge in [0.25, 0.3) is 5.56 Å². The van der Waals surface area contributed by atoms with Crippen molar-refractivity contribution in [3.05, 3.63) is 79.3 Å². The van der Waals surface area contributed by atoms with Gasteiger partial charge in [-0.15, -0.1) is 0 Å². The average molecular weight is 430 g/mol. The van der Waals surface area contributed by atoms with Crippen molar-refractivity contribution < 1.29 is 5.11 Å². The Kier molecular flexibility index (Phi) is 5.49. The molecule has 0 saturated heterocycles. The standard InChI is InChI=1S/C19H16BrN3O2S/c1-2-12-3-9-15(10-4-12)23-18(25)16(17(24)22-19(23)26)11-21-14-7-5-13(20)6-8-14/h3-11,25H,2H2,1H3,(H,22,24,26). The third kappa shape index (κ3) is 3.84. The molecule has 26 heavy (non-hydrogen) atoms. The number of aryl methyl sites for hydroxylation is 1. The fraction of sp³-hybridized carbons (Fsp3) is 0.105. The summed E-state index contributed by atoms with van der Waals surface area (Å²) in [6.45, 7) is 2.06. The molecule has 3 aromatic rings. The summed E-state index contributed by atoms with van der Waals surface area (Å²) in [5, 5.41) is 10.6. The molecule has 7 heteroatoms. The van der Waals surface area contributed by atoms with E-state index in [0.717, 1.165) is 10.9 Å². The van der Waals surface area contributed by atoms with Crippen LogP contribution in [0.2, 0.25) is 0 Å². The van der Waals surface area contributed by atoms with Gasteiger partial charge < -0.3 is 5.11 Å². The highest BCUT2D eigenvalue weighted by Gasteiger charge is 2.12. The predicted molar refractivity (Wildman–Crippen MR) is 110 cm³/mol.